The lowest BCUT2D eigenvalue weighted by molar-refractivity contribution is -0.135. The van der Waals surface area contributed by atoms with Crippen molar-refractivity contribution in [3.63, 3.8) is 0 Å². The van der Waals surface area contributed by atoms with Crippen LogP contribution < -0.4 is 10.0 Å². The molecule has 0 spiro atoms. The maximum Gasteiger partial charge on any atom is 0.322 e. The minimum atomic E-state index is -4.22. The second-order valence-electron chi connectivity index (χ2n) is 4.86. The summed E-state index contributed by atoms with van der Waals surface area (Å²) in [7, 11) is -4.22. The Morgan fingerprint density at radius 1 is 1.00 bits per heavy atom. The van der Waals surface area contributed by atoms with E-state index in [2.05, 4.69) is 10.0 Å². The first-order chi connectivity index (χ1) is 11.7. The molecular weight excluding hydrogens is 358 g/mol. The number of aliphatic carboxylic acids is 1. The van der Waals surface area contributed by atoms with Gasteiger partial charge in [0.05, 0.1) is 4.90 Å². The molecule has 0 aliphatic heterocycles. The molecule has 3 N–H and O–H groups in total. The summed E-state index contributed by atoms with van der Waals surface area (Å²) in [6.07, 6.45) is 0. The molecule has 0 atom stereocenters. The number of rotatable bonds is 6. The summed E-state index contributed by atoms with van der Waals surface area (Å²) in [6.45, 7) is -0.557. The summed E-state index contributed by atoms with van der Waals surface area (Å²) < 4.78 is 52.6. The van der Waals surface area contributed by atoms with Gasteiger partial charge in [0.15, 0.2) is 0 Å². The van der Waals surface area contributed by atoms with E-state index in [1.54, 1.807) is 0 Å². The lowest BCUT2D eigenvalue weighted by Crippen LogP contribution is -2.29. The molecular formula is C15H12F2N2O5S. The monoisotopic (exact) mass is 370 g/mol. The molecule has 0 fully saturated rings. The van der Waals surface area contributed by atoms with Crippen molar-refractivity contribution in [1.82, 2.24) is 5.32 Å². The first kappa shape index (κ1) is 18.3. The smallest absolute Gasteiger partial charge is 0.322 e. The first-order valence-electron chi connectivity index (χ1n) is 6.76. The third-order valence-corrected chi connectivity index (χ3v) is 4.31. The molecule has 0 saturated heterocycles. The standard InChI is InChI=1S/C15H12F2N2O5S/c16-10-5-11(17)7-13(6-10)25(23,24)19-12-3-1-9(2-4-12)15(22)18-8-14(20)21/h1-7,19H,8H2,(H,18,22)(H,20,21). The maximum atomic E-state index is 13.1. The molecule has 2 aromatic rings. The molecule has 2 aromatic carbocycles. The summed E-state index contributed by atoms with van der Waals surface area (Å²) in [5, 5.41) is 10.6. The molecule has 0 aliphatic rings. The highest BCUT2D eigenvalue weighted by Crippen LogP contribution is 2.18. The van der Waals surface area contributed by atoms with Crippen molar-refractivity contribution in [2.75, 3.05) is 11.3 Å². The highest BCUT2D eigenvalue weighted by Gasteiger charge is 2.17. The van der Waals surface area contributed by atoms with Crippen LogP contribution in [-0.4, -0.2) is 31.9 Å². The van der Waals surface area contributed by atoms with E-state index < -0.39 is 45.0 Å². The number of amides is 1. The third kappa shape index (κ3) is 4.98. The van der Waals surface area contributed by atoms with E-state index in [1.807, 2.05) is 0 Å². The van der Waals surface area contributed by atoms with E-state index in [9.17, 15) is 26.8 Å². The van der Waals surface area contributed by atoms with E-state index in [1.165, 1.54) is 24.3 Å². The second kappa shape index (κ2) is 7.26. The Bertz CT molecular complexity index is 894. The first-order valence-corrected chi connectivity index (χ1v) is 8.25. The summed E-state index contributed by atoms with van der Waals surface area (Å²) in [5.41, 5.74) is 0.167. The number of carbonyl (C=O) groups is 2. The number of carboxylic acid groups (broad SMARTS) is 1. The fourth-order valence-electron chi connectivity index (χ4n) is 1.85. The number of benzene rings is 2. The van der Waals surface area contributed by atoms with Crippen molar-refractivity contribution in [2.24, 2.45) is 0 Å². The zero-order chi connectivity index (χ0) is 18.6. The van der Waals surface area contributed by atoms with Gasteiger partial charge in [0.1, 0.15) is 18.2 Å². The van der Waals surface area contributed by atoms with Crippen molar-refractivity contribution in [2.45, 2.75) is 4.90 Å². The Kier molecular flexibility index (Phi) is 5.32. The molecule has 0 aliphatic carbocycles. The van der Waals surface area contributed by atoms with E-state index in [4.69, 9.17) is 5.11 Å². The molecule has 0 unspecified atom stereocenters. The molecule has 2 rings (SSSR count). The molecule has 25 heavy (non-hydrogen) atoms. The van der Waals surface area contributed by atoms with Crippen LogP contribution in [-0.2, 0) is 14.8 Å². The largest absolute Gasteiger partial charge is 0.480 e. The Balaban J connectivity index is 2.15. The summed E-state index contributed by atoms with van der Waals surface area (Å²) in [6, 6.07) is 6.91. The number of hydrogen-bond acceptors (Lipinski definition) is 4. The number of halogens is 2. The number of hydrogen-bond donors (Lipinski definition) is 3. The van der Waals surface area contributed by atoms with E-state index >= 15 is 0 Å². The van der Waals surface area contributed by atoms with Gasteiger partial charge in [0, 0.05) is 17.3 Å². The average molecular weight is 370 g/mol. The molecule has 0 heterocycles. The lowest BCUT2D eigenvalue weighted by Gasteiger charge is -2.09. The van der Waals surface area contributed by atoms with Gasteiger partial charge >= 0.3 is 5.97 Å². The van der Waals surface area contributed by atoms with Crippen LogP contribution in [0, 0.1) is 11.6 Å². The fraction of sp³-hybridized carbons (Fsp3) is 0.0667. The average Bonchev–Trinajstić information content (AvgIpc) is 2.52. The number of sulfonamides is 1. The van der Waals surface area contributed by atoms with Gasteiger partial charge in [-0.1, -0.05) is 0 Å². The summed E-state index contributed by atoms with van der Waals surface area (Å²) in [5.74, 6) is -3.93. The van der Waals surface area contributed by atoms with Crippen LogP contribution in [0.3, 0.4) is 0 Å². The van der Waals surface area contributed by atoms with Crippen LogP contribution in [0.4, 0.5) is 14.5 Å². The van der Waals surface area contributed by atoms with Crippen LogP contribution in [0.1, 0.15) is 10.4 Å². The van der Waals surface area contributed by atoms with Gasteiger partial charge in [0.2, 0.25) is 0 Å². The van der Waals surface area contributed by atoms with Gasteiger partial charge in [-0.15, -0.1) is 0 Å². The third-order valence-electron chi connectivity index (χ3n) is 2.95. The van der Waals surface area contributed by atoms with Gasteiger partial charge in [-0.2, -0.15) is 0 Å². The lowest BCUT2D eigenvalue weighted by atomic mass is 10.2. The highest BCUT2D eigenvalue weighted by atomic mass is 32.2. The predicted octanol–water partition coefficient (Wildman–Crippen LogP) is 1.58. The van der Waals surface area contributed by atoms with Gasteiger partial charge in [-0.3, -0.25) is 14.3 Å². The molecule has 7 nitrogen and oxygen atoms in total. The molecule has 132 valence electrons. The van der Waals surface area contributed by atoms with Gasteiger partial charge < -0.3 is 10.4 Å². The van der Waals surface area contributed by atoms with Crippen LogP contribution in [0.25, 0.3) is 0 Å². The number of anilines is 1. The van der Waals surface area contributed by atoms with Crippen molar-refractivity contribution >= 4 is 27.6 Å². The SMILES string of the molecule is O=C(O)CNC(=O)c1ccc(NS(=O)(=O)c2cc(F)cc(F)c2)cc1. The normalized spacial score (nSPS) is 11.0. The van der Waals surface area contributed by atoms with Crippen molar-refractivity contribution in [3.8, 4) is 0 Å². The second-order valence-corrected chi connectivity index (χ2v) is 6.55. The molecule has 0 bridgehead atoms. The number of carbonyl (C=O) groups excluding carboxylic acids is 1. The summed E-state index contributed by atoms with van der Waals surface area (Å²) in [4.78, 5) is 21.4. The van der Waals surface area contributed by atoms with Crippen molar-refractivity contribution < 1.29 is 31.9 Å². The van der Waals surface area contributed by atoms with Crippen molar-refractivity contribution in [3.05, 3.63) is 59.7 Å². The fourth-order valence-corrected chi connectivity index (χ4v) is 2.95. The van der Waals surface area contributed by atoms with Gasteiger partial charge in [-0.05, 0) is 36.4 Å². The minimum absolute atomic E-state index is 0.0550. The molecule has 0 saturated carbocycles. The topological polar surface area (TPSA) is 113 Å². The molecule has 1 amide bonds. The highest BCUT2D eigenvalue weighted by molar-refractivity contribution is 7.92. The van der Waals surface area contributed by atoms with Gasteiger partial charge in [-0.25, -0.2) is 17.2 Å². The zero-order valence-corrected chi connectivity index (χ0v) is 13.3. The minimum Gasteiger partial charge on any atom is -0.480 e. The van der Waals surface area contributed by atoms with E-state index in [0.717, 1.165) is 0 Å². The summed E-state index contributed by atoms with van der Waals surface area (Å²) >= 11 is 0. The van der Waals surface area contributed by atoms with Crippen LogP contribution in [0.15, 0.2) is 47.4 Å². The molecule has 0 radical (unpaired) electrons. The quantitative estimate of drug-likeness (QED) is 0.715. The predicted molar refractivity (Wildman–Crippen MR) is 83.6 cm³/mol. The Hall–Kier alpha value is -3.01. The van der Waals surface area contributed by atoms with Crippen LogP contribution in [0.5, 0.6) is 0 Å². The Morgan fingerprint density at radius 3 is 2.08 bits per heavy atom. The van der Waals surface area contributed by atoms with Gasteiger partial charge in [0.25, 0.3) is 15.9 Å². The zero-order valence-electron chi connectivity index (χ0n) is 12.5. The van der Waals surface area contributed by atoms with E-state index in [-0.39, 0.29) is 11.3 Å². The van der Waals surface area contributed by atoms with Crippen LogP contribution in [0.2, 0.25) is 0 Å². The van der Waals surface area contributed by atoms with Crippen LogP contribution >= 0.6 is 0 Å². The molecule has 0 aromatic heterocycles. The molecule has 10 heteroatoms. The number of carboxylic acids is 1. The van der Waals surface area contributed by atoms with E-state index in [0.29, 0.717) is 18.2 Å². The Labute approximate surface area is 141 Å². The Morgan fingerprint density at radius 2 is 1.56 bits per heavy atom. The maximum absolute atomic E-state index is 13.1. The van der Waals surface area contributed by atoms with Crippen molar-refractivity contribution in [1.29, 1.82) is 0 Å². The number of nitrogens with one attached hydrogen (secondary N) is 2.